The summed E-state index contributed by atoms with van der Waals surface area (Å²) in [5.74, 6) is -1.10. The quantitative estimate of drug-likeness (QED) is 0.0468. The summed E-state index contributed by atoms with van der Waals surface area (Å²) in [6, 6.07) is 29.3. The Morgan fingerprint density at radius 3 is 2.32 bits per heavy atom. The molecule has 8 rings (SSSR count). The van der Waals surface area contributed by atoms with Gasteiger partial charge in [-0.25, -0.2) is 9.78 Å². The Bertz CT molecular complexity index is 2630. The molecule has 4 N–H and O–H groups in total. The van der Waals surface area contributed by atoms with Crippen molar-refractivity contribution < 1.29 is 38.5 Å². The number of pyridine rings is 2. The standard InChI is InChI=1S/C44H39N5O9.C2H6/c1-25(51)32-16-38-42-34(19-49(38)43(54)36(32)20-57-24-50)33(41-27-9-3-2-8-26(27)14-15-37(41)48-42)17-45-40(53)22-56-23-47-39(52)18-46-44(55)58-21-35-30-12-6-4-10-28(30)29-11-5-7-13-31(29)35;1-2/h2-16,24-25,35,51H,17-23H2,1H3,(H,45,53)(H,46,55)(H,47,52);1-2H3. The Morgan fingerprint density at radius 2 is 1.60 bits per heavy atom. The van der Waals surface area contributed by atoms with E-state index in [-0.39, 0.29) is 64.1 Å². The van der Waals surface area contributed by atoms with Gasteiger partial charge in [-0.15, -0.1) is 0 Å². The van der Waals surface area contributed by atoms with E-state index in [1.54, 1.807) is 6.07 Å². The zero-order valence-corrected chi connectivity index (χ0v) is 33.4. The number of ether oxygens (including phenoxy) is 3. The molecule has 2 aromatic heterocycles. The van der Waals surface area contributed by atoms with Crippen LogP contribution in [-0.4, -0.2) is 65.5 Å². The molecule has 3 heterocycles. The minimum absolute atomic E-state index is 0.0705. The van der Waals surface area contributed by atoms with Crippen molar-refractivity contribution in [3.8, 4) is 22.5 Å². The summed E-state index contributed by atoms with van der Waals surface area (Å²) in [4.78, 5) is 67.7. The first-order valence-corrected chi connectivity index (χ1v) is 19.8. The zero-order chi connectivity index (χ0) is 42.3. The van der Waals surface area contributed by atoms with Gasteiger partial charge in [-0.2, -0.15) is 0 Å². The number of hydrogen-bond acceptors (Lipinski definition) is 10. The number of alkyl carbamates (subject to hydrolysis) is 1. The molecule has 6 aromatic rings. The minimum atomic E-state index is -1.02. The zero-order valence-electron chi connectivity index (χ0n) is 33.4. The van der Waals surface area contributed by atoms with E-state index >= 15 is 0 Å². The monoisotopic (exact) mass is 811 g/mol. The molecular weight excluding hydrogens is 767 g/mol. The predicted molar refractivity (Wildman–Crippen MR) is 225 cm³/mol. The van der Waals surface area contributed by atoms with E-state index in [0.717, 1.165) is 49.5 Å². The van der Waals surface area contributed by atoms with E-state index in [9.17, 15) is 29.1 Å². The van der Waals surface area contributed by atoms with Crippen LogP contribution in [0.3, 0.4) is 0 Å². The minimum Gasteiger partial charge on any atom is -0.463 e. The molecule has 308 valence electrons. The number of carbonyl (C=O) groups is 4. The third kappa shape index (κ3) is 8.20. The lowest BCUT2D eigenvalue weighted by Gasteiger charge is -2.15. The molecule has 0 fully saturated rings. The smallest absolute Gasteiger partial charge is 0.407 e. The molecule has 3 amide bonds. The van der Waals surface area contributed by atoms with E-state index in [4.69, 9.17) is 19.2 Å². The molecule has 0 saturated carbocycles. The maximum Gasteiger partial charge on any atom is 0.407 e. The SMILES string of the molecule is CC.CC(O)c1cc2n(c(=O)c1COC=O)Cc1c-2nc2ccc3ccccc3c2c1CNC(=O)COCNC(=O)CNC(=O)OCC1c2ccccc2-c2ccccc21. The summed E-state index contributed by atoms with van der Waals surface area (Å²) in [5.41, 5.74) is 7.63. The van der Waals surface area contributed by atoms with Gasteiger partial charge >= 0.3 is 6.09 Å². The van der Waals surface area contributed by atoms with Crippen molar-refractivity contribution in [2.24, 2.45) is 0 Å². The first kappa shape index (κ1) is 41.3. The van der Waals surface area contributed by atoms with Gasteiger partial charge in [-0.1, -0.05) is 92.7 Å². The van der Waals surface area contributed by atoms with Gasteiger partial charge in [0.05, 0.1) is 35.1 Å². The summed E-state index contributed by atoms with van der Waals surface area (Å²) in [5, 5.41) is 21.1. The second-order valence-corrected chi connectivity index (χ2v) is 14.1. The lowest BCUT2D eigenvalue weighted by molar-refractivity contribution is -0.130. The summed E-state index contributed by atoms with van der Waals surface area (Å²) in [7, 11) is 0. The number of rotatable bonds is 14. The van der Waals surface area contributed by atoms with Crippen LogP contribution in [0.5, 0.6) is 0 Å². The normalized spacial score (nSPS) is 12.6. The number of nitrogens with zero attached hydrogens (tertiary/aromatic N) is 2. The number of amides is 3. The number of fused-ring (bicyclic) bond motifs is 9. The van der Waals surface area contributed by atoms with Crippen LogP contribution in [0.2, 0.25) is 0 Å². The maximum atomic E-state index is 13.8. The first-order valence-electron chi connectivity index (χ1n) is 19.8. The van der Waals surface area contributed by atoms with E-state index in [1.807, 2.05) is 98.8 Å². The van der Waals surface area contributed by atoms with Crippen LogP contribution in [0.25, 0.3) is 44.2 Å². The maximum absolute atomic E-state index is 13.8. The highest BCUT2D eigenvalue weighted by molar-refractivity contribution is 6.09. The van der Waals surface area contributed by atoms with Gasteiger partial charge in [0.15, 0.2) is 0 Å². The highest BCUT2D eigenvalue weighted by Crippen LogP contribution is 2.44. The van der Waals surface area contributed by atoms with Crippen LogP contribution in [0, 0.1) is 0 Å². The average molecular weight is 812 g/mol. The largest absolute Gasteiger partial charge is 0.463 e. The van der Waals surface area contributed by atoms with Gasteiger partial charge in [0.2, 0.25) is 11.8 Å². The fourth-order valence-corrected chi connectivity index (χ4v) is 7.96. The van der Waals surface area contributed by atoms with Crippen molar-refractivity contribution in [3.63, 3.8) is 0 Å². The Kier molecular flexibility index (Phi) is 12.6. The molecule has 2 aliphatic rings. The predicted octanol–water partition coefficient (Wildman–Crippen LogP) is 5.58. The van der Waals surface area contributed by atoms with Gasteiger partial charge in [-0.05, 0) is 63.2 Å². The van der Waals surface area contributed by atoms with Gasteiger partial charge < -0.3 is 39.8 Å². The topological polar surface area (TPSA) is 187 Å². The molecule has 1 aliphatic carbocycles. The van der Waals surface area contributed by atoms with Crippen LogP contribution < -0.4 is 21.5 Å². The number of aromatic nitrogens is 2. The number of nitrogens with one attached hydrogen (secondary N) is 3. The lowest BCUT2D eigenvalue weighted by Crippen LogP contribution is -2.39. The number of benzene rings is 4. The van der Waals surface area contributed by atoms with Crippen LogP contribution >= 0.6 is 0 Å². The fraction of sp³-hybridized carbons (Fsp3) is 0.261. The lowest BCUT2D eigenvalue weighted by atomic mass is 9.95. The van der Waals surface area contributed by atoms with E-state index in [1.165, 1.54) is 11.5 Å². The number of aliphatic hydroxyl groups excluding tert-OH is 1. The molecule has 4 aromatic carbocycles. The number of carbonyl (C=O) groups excluding carboxylic acids is 4. The summed E-state index contributed by atoms with van der Waals surface area (Å²) >= 11 is 0. The van der Waals surface area contributed by atoms with Crippen molar-refractivity contribution in [3.05, 3.63) is 135 Å². The van der Waals surface area contributed by atoms with Crippen molar-refractivity contribution in [2.75, 3.05) is 26.5 Å². The molecule has 0 spiro atoms. The molecule has 1 aliphatic heterocycles. The molecule has 0 saturated heterocycles. The van der Waals surface area contributed by atoms with Crippen molar-refractivity contribution in [2.45, 2.75) is 52.5 Å². The van der Waals surface area contributed by atoms with Gasteiger partial charge in [0.1, 0.15) is 33.1 Å². The van der Waals surface area contributed by atoms with Crippen LogP contribution in [0.1, 0.15) is 66.2 Å². The van der Waals surface area contributed by atoms with Crippen LogP contribution in [-0.2, 0) is 48.3 Å². The van der Waals surface area contributed by atoms with Crippen LogP contribution in [0.4, 0.5) is 4.79 Å². The molecule has 1 unspecified atom stereocenters. The Morgan fingerprint density at radius 1 is 0.900 bits per heavy atom. The van der Waals surface area contributed by atoms with E-state index < -0.39 is 29.6 Å². The second kappa shape index (κ2) is 18.4. The van der Waals surface area contributed by atoms with E-state index in [2.05, 4.69) is 16.0 Å². The summed E-state index contributed by atoms with van der Waals surface area (Å²) in [6.45, 7) is 4.81. The van der Waals surface area contributed by atoms with Gasteiger partial charge in [-0.3, -0.25) is 19.2 Å². The third-order valence-electron chi connectivity index (χ3n) is 10.6. The highest BCUT2D eigenvalue weighted by Gasteiger charge is 2.31. The Hall–Kier alpha value is -6.90. The molecular formula is C46H45N5O9. The first-order chi connectivity index (χ1) is 29.2. The molecule has 14 heteroatoms. The Labute approximate surface area is 345 Å². The molecule has 0 radical (unpaired) electrons. The van der Waals surface area contributed by atoms with Crippen molar-refractivity contribution in [1.82, 2.24) is 25.5 Å². The third-order valence-corrected chi connectivity index (χ3v) is 10.6. The Balaban J connectivity index is 0.00000268. The molecule has 14 nitrogen and oxygen atoms in total. The van der Waals surface area contributed by atoms with Gasteiger partial charge in [0.25, 0.3) is 12.0 Å². The summed E-state index contributed by atoms with van der Waals surface area (Å²) in [6.07, 6.45) is -1.75. The van der Waals surface area contributed by atoms with E-state index in [0.29, 0.717) is 22.5 Å². The second-order valence-electron chi connectivity index (χ2n) is 14.1. The van der Waals surface area contributed by atoms with Crippen molar-refractivity contribution in [1.29, 1.82) is 0 Å². The highest BCUT2D eigenvalue weighted by atomic mass is 16.5. The molecule has 60 heavy (non-hydrogen) atoms. The van der Waals surface area contributed by atoms with Crippen molar-refractivity contribution >= 4 is 46.1 Å². The fourth-order valence-electron chi connectivity index (χ4n) is 7.96. The van der Waals surface area contributed by atoms with Gasteiger partial charge in [0, 0.05) is 23.4 Å². The number of hydrogen-bond donors (Lipinski definition) is 4. The number of aliphatic hydroxyl groups is 1. The van der Waals surface area contributed by atoms with Crippen LogP contribution in [0.15, 0.2) is 95.8 Å². The molecule has 1 atom stereocenters. The molecule has 0 bridgehead atoms. The summed E-state index contributed by atoms with van der Waals surface area (Å²) < 4.78 is 17.4. The average Bonchev–Trinajstić information content (AvgIpc) is 3.80.